The molecule has 1 aliphatic rings. The second-order valence-electron chi connectivity index (χ2n) is 24.9. The van der Waals surface area contributed by atoms with Crippen molar-refractivity contribution in [1.82, 2.24) is 40.9 Å². The molecular formula is C67H97IN8O22. The number of unbranched alkanes of at least 4 members (excludes halogenated alkanes) is 6. The summed E-state index contributed by atoms with van der Waals surface area (Å²) in [6, 6.07) is 6.83. The maximum Gasteiger partial charge on any atom is 0.326 e. The van der Waals surface area contributed by atoms with Crippen molar-refractivity contribution in [2.24, 2.45) is 11.8 Å². The van der Waals surface area contributed by atoms with Gasteiger partial charge in [-0.3, -0.25) is 72.3 Å². The van der Waals surface area contributed by atoms with E-state index in [1.54, 1.807) is 57.2 Å². The Bertz CT molecular complexity index is 2960. The Morgan fingerprint density at radius 1 is 0.469 bits per heavy atom. The van der Waals surface area contributed by atoms with Crippen LogP contribution in [0.1, 0.15) is 146 Å². The topological polar surface area (TPSA) is 462 Å². The molecule has 0 aromatic heterocycles. The second kappa shape index (κ2) is 46.3. The average molecular weight is 1490 g/mol. The van der Waals surface area contributed by atoms with Gasteiger partial charge in [0.25, 0.3) is 0 Å². The van der Waals surface area contributed by atoms with Crippen LogP contribution in [-0.4, -0.2) is 246 Å². The average Bonchev–Trinajstić information content (AvgIpc) is 0.864. The van der Waals surface area contributed by atoms with E-state index in [1.165, 1.54) is 13.0 Å². The minimum absolute atomic E-state index is 0.0174. The number of carboxylic acid groups (broad SMARTS) is 7. The standard InChI is InChI=1S/C67H97IN8O22/c1-44(77)41-73-28-30-74(42-60(85)86)32-34-76(35-33-75(31-29-73)43-61(87)88)55(66(96)97)24-22-50(79)39-48(36-46-21-25-56(80)51(68)37-46)62(89)70-54(38-45-14-6-4-7-15-45)57(81)40-47(63(90)91)16-8-5-10-18-49(78)17-9-2-3-11-20-58(82)69-27-13-12-19-52(64(92)93)71-67(98)72-53(65(94)95)23-26-59(83)84/h4,6-7,14-15,21,25,37,47-48,52-55,80H,2-3,5,8-13,16-20,22-24,26-36,38-43H2,1H3,(H,69,82)(H,70,89)(H,83,84)(H,85,86)(H,87,88)(H,90,91)(H,92,93)(H,94,95)(H,96,97)(H2,71,72,98)/t47-,48?,52?,53-,54+,55?/m0/s1. The van der Waals surface area contributed by atoms with Crippen molar-refractivity contribution in [2.75, 3.05) is 78.5 Å². The van der Waals surface area contributed by atoms with Gasteiger partial charge in [0.2, 0.25) is 11.8 Å². The summed E-state index contributed by atoms with van der Waals surface area (Å²) in [6.07, 6.45) is 3.04. The van der Waals surface area contributed by atoms with E-state index in [9.17, 15) is 103 Å². The van der Waals surface area contributed by atoms with Crippen LogP contribution in [0, 0.1) is 15.4 Å². The third kappa shape index (κ3) is 36.0. The van der Waals surface area contributed by atoms with Crippen LogP contribution in [-0.2, 0) is 75.2 Å². The Kier molecular flexibility index (Phi) is 39.8. The van der Waals surface area contributed by atoms with Gasteiger partial charge >= 0.3 is 47.8 Å². The van der Waals surface area contributed by atoms with Gasteiger partial charge in [-0.2, -0.15) is 0 Å². The summed E-state index contributed by atoms with van der Waals surface area (Å²) in [4.78, 5) is 183. The highest BCUT2D eigenvalue weighted by molar-refractivity contribution is 14.1. The summed E-state index contributed by atoms with van der Waals surface area (Å²) in [5.74, 6) is -13.3. The van der Waals surface area contributed by atoms with E-state index in [1.807, 2.05) is 27.5 Å². The van der Waals surface area contributed by atoms with Crippen LogP contribution in [0.15, 0.2) is 48.5 Å². The number of aromatic hydroxyl groups is 1. The molecule has 98 heavy (non-hydrogen) atoms. The number of rotatable bonds is 48. The molecule has 31 heteroatoms. The van der Waals surface area contributed by atoms with Crippen LogP contribution < -0.4 is 21.3 Å². The molecule has 1 fully saturated rings. The molecule has 12 N–H and O–H groups in total. The van der Waals surface area contributed by atoms with E-state index in [4.69, 9.17) is 5.11 Å². The maximum absolute atomic E-state index is 14.6. The number of nitrogens with zero attached hydrogens (tertiary/aromatic N) is 4. The van der Waals surface area contributed by atoms with Crippen molar-refractivity contribution in [1.29, 1.82) is 0 Å². The molecule has 4 amide bonds. The predicted molar refractivity (Wildman–Crippen MR) is 362 cm³/mol. The van der Waals surface area contributed by atoms with E-state index in [2.05, 4.69) is 21.3 Å². The Balaban J connectivity index is 1.58. The first-order valence-electron chi connectivity index (χ1n) is 33.2. The van der Waals surface area contributed by atoms with Crippen molar-refractivity contribution >= 4 is 105 Å². The Morgan fingerprint density at radius 2 is 1.01 bits per heavy atom. The lowest BCUT2D eigenvalue weighted by atomic mass is 9.89. The largest absolute Gasteiger partial charge is 0.507 e. The normalized spacial score (nSPS) is 15.4. The number of ketones is 4. The SMILES string of the molecule is CC(=O)CN1CCN(CC(=O)O)CCN(C(CCC(=O)CC(Cc2ccc(O)c(I)c2)C(=O)N[C@H](Cc2ccccc2)C(=O)C[C@H](CCCCCC(=O)CCCCCCC(=O)NCCCCC(NC(=O)N[C@@H](CCC(=O)O)C(=O)O)C(=O)O)C(=O)O)C(=O)O)CCN(CC(=O)O)CC1. The number of halogens is 1. The van der Waals surface area contributed by atoms with Gasteiger partial charge in [0.05, 0.1) is 35.2 Å². The van der Waals surface area contributed by atoms with Crippen LogP contribution in [0.25, 0.3) is 0 Å². The van der Waals surface area contributed by atoms with Crippen molar-refractivity contribution in [2.45, 2.75) is 172 Å². The van der Waals surface area contributed by atoms with Crippen LogP contribution in [0.3, 0.4) is 0 Å². The highest BCUT2D eigenvalue weighted by Crippen LogP contribution is 2.25. The number of Topliss-reactive ketones (excluding diaryl/α,β-unsaturated/α-hetero) is 4. The van der Waals surface area contributed by atoms with E-state index in [0.717, 1.165) is 0 Å². The summed E-state index contributed by atoms with van der Waals surface area (Å²) < 4.78 is 0.453. The molecule has 3 rings (SSSR count). The lowest BCUT2D eigenvalue weighted by Gasteiger charge is -2.35. The Labute approximate surface area is 583 Å². The number of carbonyl (C=O) groups is 14. The highest BCUT2D eigenvalue weighted by atomic mass is 127. The smallest absolute Gasteiger partial charge is 0.326 e. The number of phenols is 1. The summed E-state index contributed by atoms with van der Waals surface area (Å²) in [6.45, 7) is 2.10. The molecule has 0 aliphatic carbocycles. The van der Waals surface area contributed by atoms with Crippen molar-refractivity contribution < 1.29 is 108 Å². The zero-order chi connectivity index (χ0) is 72.7. The Morgan fingerprint density at radius 3 is 1.54 bits per heavy atom. The van der Waals surface area contributed by atoms with Gasteiger partial charge in [0.1, 0.15) is 41.2 Å². The number of hydrogen-bond donors (Lipinski definition) is 12. The molecule has 1 heterocycles. The number of aliphatic carboxylic acids is 7. The number of carboxylic acids is 7. The molecule has 0 saturated carbocycles. The van der Waals surface area contributed by atoms with Gasteiger partial charge in [-0.05, 0) is 123 Å². The predicted octanol–water partition coefficient (Wildman–Crippen LogP) is 3.93. The number of urea groups is 1. The minimum Gasteiger partial charge on any atom is -0.507 e. The van der Waals surface area contributed by atoms with Gasteiger partial charge in [0.15, 0.2) is 5.78 Å². The molecule has 0 bridgehead atoms. The molecule has 2 aromatic rings. The maximum atomic E-state index is 14.6. The van der Waals surface area contributed by atoms with Crippen LogP contribution in [0.5, 0.6) is 5.75 Å². The fourth-order valence-electron chi connectivity index (χ4n) is 11.4. The van der Waals surface area contributed by atoms with E-state index >= 15 is 0 Å². The van der Waals surface area contributed by atoms with Gasteiger partial charge in [-0.25, -0.2) is 14.4 Å². The third-order valence-corrected chi connectivity index (χ3v) is 17.7. The molecule has 1 aliphatic heterocycles. The third-order valence-electron chi connectivity index (χ3n) is 16.8. The molecule has 2 aromatic carbocycles. The van der Waals surface area contributed by atoms with Crippen LogP contribution >= 0.6 is 22.6 Å². The molecule has 3 unspecified atom stereocenters. The number of hydrogen-bond acceptors (Lipinski definition) is 19. The lowest BCUT2D eigenvalue weighted by molar-refractivity contribution is -0.145. The lowest BCUT2D eigenvalue weighted by Crippen LogP contribution is -2.51. The monoisotopic (exact) mass is 1490 g/mol. The van der Waals surface area contributed by atoms with Gasteiger partial charge < -0.3 is 62.1 Å². The van der Waals surface area contributed by atoms with E-state index in [0.29, 0.717) is 78.9 Å². The fraction of sp³-hybridized carbons (Fsp3) is 0.612. The fourth-order valence-corrected chi connectivity index (χ4v) is 12.0. The zero-order valence-corrected chi connectivity index (χ0v) is 57.7. The molecule has 0 spiro atoms. The second-order valence-corrected chi connectivity index (χ2v) is 26.0. The number of benzene rings is 2. The first-order chi connectivity index (χ1) is 46.5. The number of phenolic OH excluding ortho intramolecular Hbond substituents is 1. The van der Waals surface area contributed by atoms with Crippen molar-refractivity contribution in [3.8, 4) is 5.75 Å². The summed E-state index contributed by atoms with van der Waals surface area (Å²) in [5.41, 5.74) is 1.20. The molecule has 544 valence electrons. The molecule has 30 nitrogen and oxygen atoms in total. The number of amides is 4. The highest BCUT2D eigenvalue weighted by Gasteiger charge is 2.34. The van der Waals surface area contributed by atoms with Crippen molar-refractivity contribution in [3.05, 3.63) is 63.2 Å². The molecule has 6 atom stereocenters. The zero-order valence-electron chi connectivity index (χ0n) is 55.6. The summed E-state index contributed by atoms with van der Waals surface area (Å²) in [5, 5.41) is 88.2. The van der Waals surface area contributed by atoms with Gasteiger partial charge in [-0.15, -0.1) is 0 Å². The van der Waals surface area contributed by atoms with Gasteiger partial charge in [-0.1, -0.05) is 62.1 Å². The summed E-state index contributed by atoms with van der Waals surface area (Å²) >= 11 is 1.91. The minimum atomic E-state index is -1.53. The van der Waals surface area contributed by atoms with E-state index < -0.39 is 127 Å². The van der Waals surface area contributed by atoms with Crippen molar-refractivity contribution in [3.63, 3.8) is 0 Å². The van der Waals surface area contributed by atoms with Gasteiger partial charge in [0, 0.05) is 110 Å². The first-order valence-corrected chi connectivity index (χ1v) is 34.3. The van der Waals surface area contributed by atoms with Crippen LogP contribution in [0.2, 0.25) is 0 Å². The van der Waals surface area contributed by atoms with Crippen LogP contribution in [0.4, 0.5) is 4.79 Å². The van der Waals surface area contributed by atoms with E-state index in [-0.39, 0.29) is 153 Å². The molecule has 1 saturated heterocycles. The number of nitrogens with one attached hydrogen (secondary N) is 4. The first kappa shape index (κ1) is 84.2. The molecule has 0 radical (unpaired) electrons. The Hall–Kier alpha value is -8.01. The quantitative estimate of drug-likeness (QED) is 0.0330. The summed E-state index contributed by atoms with van der Waals surface area (Å²) in [7, 11) is 0. The number of carbonyl (C=O) groups excluding carboxylic acids is 7. The molecular weight excluding hydrogens is 1400 g/mol.